The second-order valence-corrected chi connectivity index (χ2v) is 7.90. The number of hydrazone groups is 1. The van der Waals surface area contributed by atoms with Gasteiger partial charge >= 0.3 is 12.1 Å². The van der Waals surface area contributed by atoms with Crippen molar-refractivity contribution in [3.63, 3.8) is 0 Å². The Balaban J connectivity index is 1.72. The highest BCUT2D eigenvalue weighted by Crippen LogP contribution is 2.34. The molecule has 0 bridgehead atoms. The van der Waals surface area contributed by atoms with Gasteiger partial charge in [-0.1, -0.05) is 29.3 Å². The van der Waals surface area contributed by atoms with Crippen LogP contribution in [0.25, 0.3) is 17.4 Å². The first-order valence-corrected chi connectivity index (χ1v) is 10.3. The van der Waals surface area contributed by atoms with Crippen LogP contribution in [0.5, 0.6) is 0 Å². The number of hydrogen-bond donors (Lipinski definition) is 0. The summed E-state index contributed by atoms with van der Waals surface area (Å²) in [4.78, 5) is 24.7. The van der Waals surface area contributed by atoms with Crippen molar-refractivity contribution in [2.24, 2.45) is 5.10 Å². The van der Waals surface area contributed by atoms with Crippen molar-refractivity contribution in [2.75, 3.05) is 12.1 Å². The topological polar surface area (TPSA) is 72.1 Å². The van der Waals surface area contributed by atoms with Crippen molar-refractivity contribution in [3.05, 3.63) is 81.5 Å². The van der Waals surface area contributed by atoms with Crippen LogP contribution in [0.3, 0.4) is 0 Å². The van der Waals surface area contributed by atoms with Gasteiger partial charge in [-0.3, -0.25) is 4.79 Å². The number of rotatable bonds is 4. The number of benzene rings is 2. The van der Waals surface area contributed by atoms with Crippen molar-refractivity contribution < 1.29 is 31.9 Å². The van der Waals surface area contributed by atoms with Crippen LogP contribution in [-0.2, 0) is 9.53 Å². The summed E-state index contributed by atoms with van der Waals surface area (Å²) >= 11 is 12.0. The van der Waals surface area contributed by atoms with Gasteiger partial charge in [0.15, 0.2) is 5.71 Å². The lowest BCUT2D eigenvalue weighted by Crippen LogP contribution is -2.25. The average Bonchev–Trinajstić information content (AvgIpc) is 3.38. The smallest absolute Gasteiger partial charge is 0.435 e. The van der Waals surface area contributed by atoms with E-state index in [0.717, 1.165) is 13.2 Å². The molecule has 0 atom stereocenters. The highest BCUT2D eigenvalue weighted by molar-refractivity contribution is 6.35. The first kappa shape index (κ1) is 23.6. The Morgan fingerprint density at radius 2 is 1.79 bits per heavy atom. The molecule has 1 aliphatic rings. The van der Waals surface area contributed by atoms with E-state index in [1.807, 2.05) is 0 Å². The maximum atomic E-state index is 13.7. The number of anilines is 1. The minimum absolute atomic E-state index is 0.0171. The van der Waals surface area contributed by atoms with Crippen molar-refractivity contribution >= 4 is 52.6 Å². The van der Waals surface area contributed by atoms with E-state index >= 15 is 0 Å². The van der Waals surface area contributed by atoms with E-state index in [2.05, 4.69) is 9.84 Å². The van der Waals surface area contributed by atoms with Crippen LogP contribution in [0.2, 0.25) is 10.0 Å². The number of carbonyl (C=O) groups excluding carboxylic acids is 2. The lowest BCUT2D eigenvalue weighted by atomic mass is 10.1. The highest BCUT2D eigenvalue weighted by Gasteiger charge is 2.47. The van der Waals surface area contributed by atoms with Crippen LogP contribution in [0.4, 0.5) is 18.9 Å². The second kappa shape index (κ2) is 9.00. The molecule has 174 valence electrons. The molecule has 0 radical (unpaired) electrons. The SMILES string of the molecule is COC(=O)c1cccc(N2N=C(C(F)(F)F)C(=Cc3ccc(-c4cc(Cl)cc(Cl)c4)o3)C2=O)c1. The molecule has 1 amide bonds. The van der Waals surface area contributed by atoms with E-state index < -0.39 is 29.3 Å². The first-order chi connectivity index (χ1) is 16.1. The molecule has 3 aromatic rings. The van der Waals surface area contributed by atoms with Crippen molar-refractivity contribution in [1.29, 1.82) is 0 Å². The Kier molecular flexibility index (Phi) is 6.24. The Morgan fingerprint density at radius 3 is 2.44 bits per heavy atom. The van der Waals surface area contributed by atoms with Gasteiger partial charge in [-0.25, -0.2) is 4.79 Å². The Hall–Kier alpha value is -3.56. The second-order valence-electron chi connectivity index (χ2n) is 7.02. The largest absolute Gasteiger partial charge is 0.465 e. The summed E-state index contributed by atoms with van der Waals surface area (Å²) in [6.07, 6.45) is -3.97. The van der Waals surface area contributed by atoms with E-state index in [-0.39, 0.29) is 22.8 Å². The maximum absolute atomic E-state index is 13.7. The molecule has 1 aliphatic heterocycles. The predicted octanol–water partition coefficient (Wildman–Crippen LogP) is 6.39. The average molecular weight is 509 g/mol. The summed E-state index contributed by atoms with van der Waals surface area (Å²) in [5, 5.41) is 4.75. The third-order valence-electron chi connectivity index (χ3n) is 4.72. The molecule has 0 fully saturated rings. The molecule has 34 heavy (non-hydrogen) atoms. The zero-order chi connectivity index (χ0) is 24.6. The van der Waals surface area contributed by atoms with E-state index in [1.54, 1.807) is 12.1 Å². The van der Waals surface area contributed by atoms with Crippen molar-refractivity contribution in [3.8, 4) is 11.3 Å². The number of methoxy groups -OCH3 is 1. The molecule has 0 N–H and O–H groups in total. The Bertz CT molecular complexity index is 1340. The lowest BCUT2D eigenvalue weighted by molar-refractivity contribution is -0.114. The van der Waals surface area contributed by atoms with E-state index in [0.29, 0.717) is 20.6 Å². The van der Waals surface area contributed by atoms with Gasteiger partial charge < -0.3 is 9.15 Å². The summed E-state index contributed by atoms with van der Waals surface area (Å²) in [5.74, 6) is -1.49. The molecule has 0 unspecified atom stereocenters. The summed E-state index contributed by atoms with van der Waals surface area (Å²) in [5.41, 5.74) is -1.60. The van der Waals surface area contributed by atoms with Gasteiger partial charge in [0.2, 0.25) is 0 Å². The maximum Gasteiger partial charge on any atom is 0.435 e. The predicted molar refractivity (Wildman–Crippen MR) is 121 cm³/mol. The van der Waals surface area contributed by atoms with Crippen LogP contribution in [0.1, 0.15) is 16.1 Å². The Labute approximate surface area is 200 Å². The van der Waals surface area contributed by atoms with Crippen LogP contribution in [0, 0.1) is 0 Å². The fourth-order valence-electron chi connectivity index (χ4n) is 3.24. The molecule has 4 rings (SSSR count). The number of ether oxygens (including phenoxy) is 1. The molecule has 11 heteroatoms. The van der Waals surface area contributed by atoms with E-state index in [4.69, 9.17) is 27.6 Å². The minimum atomic E-state index is -4.92. The van der Waals surface area contributed by atoms with Crippen LogP contribution < -0.4 is 5.01 Å². The van der Waals surface area contributed by atoms with E-state index in [9.17, 15) is 22.8 Å². The molecule has 1 aromatic heterocycles. The third kappa shape index (κ3) is 4.71. The van der Waals surface area contributed by atoms with E-state index in [1.165, 1.54) is 42.5 Å². The molecule has 0 saturated carbocycles. The van der Waals surface area contributed by atoms with Gasteiger partial charge in [-0.05, 0) is 54.6 Å². The summed E-state index contributed by atoms with van der Waals surface area (Å²) in [6.45, 7) is 0. The number of halogens is 5. The molecule has 6 nitrogen and oxygen atoms in total. The number of amides is 1. The quantitative estimate of drug-likeness (QED) is 0.302. The molecule has 0 spiro atoms. The third-order valence-corrected chi connectivity index (χ3v) is 5.16. The van der Waals surface area contributed by atoms with Gasteiger partial charge in [-0.15, -0.1) is 0 Å². The number of esters is 1. The van der Waals surface area contributed by atoms with Crippen LogP contribution in [0.15, 0.2) is 69.7 Å². The monoisotopic (exact) mass is 508 g/mol. The van der Waals surface area contributed by atoms with Gasteiger partial charge in [0, 0.05) is 15.6 Å². The summed E-state index contributed by atoms with van der Waals surface area (Å²) < 4.78 is 51.4. The lowest BCUT2D eigenvalue weighted by Gasteiger charge is -2.12. The molecule has 0 aliphatic carbocycles. The molecule has 2 heterocycles. The molecule has 0 saturated heterocycles. The molecular weight excluding hydrogens is 496 g/mol. The molecule has 2 aromatic carbocycles. The number of carbonyl (C=O) groups is 2. The van der Waals surface area contributed by atoms with Crippen LogP contribution in [-0.4, -0.2) is 30.9 Å². The normalized spacial score (nSPS) is 15.1. The molecular formula is C23H13Cl2F3N2O4. The highest BCUT2D eigenvalue weighted by atomic mass is 35.5. The fraction of sp³-hybridized carbons (Fsp3) is 0.0870. The number of hydrogen-bond acceptors (Lipinski definition) is 5. The van der Waals surface area contributed by atoms with Crippen LogP contribution >= 0.6 is 23.2 Å². The summed E-state index contributed by atoms with van der Waals surface area (Å²) in [7, 11) is 1.16. The fourth-order valence-corrected chi connectivity index (χ4v) is 3.76. The number of furan rings is 1. The first-order valence-electron chi connectivity index (χ1n) is 9.54. The van der Waals surface area contributed by atoms with Crippen molar-refractivity contribution in [2.45, 2.75) is 6.18 Å². The van der Waals surface area contributed by atoms with Gasteiger partial charge in [0.05, 0.1) is 23.9 Å². The zero-order valence-corrected chi connectivity index (χ0v) is 18.7. The standard InChI is InChI=1S/C23H13Cl2F3N2O4/c1-33-22(32)12-3-2-4-16(9-12)30-21(31)18(20(29-30)23(26,27)28)11-17-5-6-19(34-17)13-7-14(24)10-15(25)8-13/h2-11H,1H3. The van der Waals surface area contributed by atoms with Gasteiger partial charge in [0.1, 0.15) is 11.5 Å². The number of nitrogens with zero attached hydrogens (tertiary/aromatic N) is 2. The Morgan fingerprint density at radius 1 is 1.09 bits per heavy atom. The van der Waals surface area contributed by atoms with Crippen molar-refractivity contribution in [1.82, 2.24) is 0 Å². The van der Waals surface area contributed by atoms with Gasteiger partial charge in [-0.2, -0.15) is 23.3 Å². The van der Waals surface area contributed by atoms with Gasteiger partial charge in [0.25, 0.3) is 5.91 Å². The summed E-state index contributed by atoms with van der Waals surface area (Å²) in [6, 6.07) is 12.9. The minimum Gasteiger partial charge on any atom is -0.465 e. The number of alkyl halides is 3. The zero-order valence-electron chi connectivity index (χ0n) is 17.2.